The summed E-state index contributed by atoms with van der Waals surface area (Å²) in [5.74, 6) is 0. The Bertz CT molecular complexity index is 224. The number of nitrogens with zero attached hydrogens (tertiary/aromatic N) is 1. The standard InChI is InChI=1S/C9H11N/c1-8(10-2)9-6-4-3-5-7-9/h3-7H,1-2H3. The molecule has 0 aromatic heterocycles. The molecule has 0 bridgehead atoms. The van der Waals surface area contributed by atoms with E-state index in [0.29, 0.717) is 0 Å². The van der Waals surface area contributed by atoms with Crippen molar-refractivity contribution in [3.63, 3.8) is 0 Å². The van der Waals surface area contributed by atoms with E-state index < -0.39 is 0 Å². The van der Waals surface area contributed by atoms with Crippen molar-refractivity contribution < 1.29 is 0 Å². The summed E-state index contributed by atoms with van der Waals surface area (Å²) in [6.07, 6.45) is 0. The fourth-order valence-corrected chi connectivity index (χ4v) is 0.808. The SMILES string of the molecule is CN=C(C)c1ccccc1. The Morgan fingerprint density at radius 1 is 1.20 bits per heavy atom. The van der Waals surface area contributed by atoms with Gasteiger partial charge in [0.1, 0.15) is 0 Å². The normalized spacial score (nSPS) is 11.6. The van der Waals surface area contributed by atoms with E-state index in [-0.39, 0.29) is 0 Å². The Balaban J connectivity index is 2.96. The largest absolute Gasteiger partial charge is 0.293 e. The van der Waals surface area contributed by atoms with Crippen LogP contribution in [-0.2, 0) is 0 Å². The van der Waals surface area contributed by atoms with Crippen LogP contribution in [0.5, 0.6) is 0 Å². The second-order valence-corrected chi connectivity index (χ2v) is 2.18. The van der Waals surface area contributed by atoms with Gasteiger partial charge in [-0.1, -0.05) is 30.3 Å². The fourth-order valence-electron chi connectivity index (χ4n) is 0.808. The Morgan fingerprint density at radius 3 is 2.30 bits per heavy atom. The third kappa shape index (κ3) is 1.44. The van der Waals surface area contributed by atoms with Crippen LogP contribution in [0.3, 0.4) is 0 Å². The highest BCUT2D eigenvalue weighted by molar-refractivity contribution is 5.98. The quantitative estimate of drug-likeness (QED) is 0.520. The summed E-state index contributed by atoms with van der Waals surface area (Å²) in [4.78, 5) is 4.08. The van der Waals surface area contributed by atoms with E-state index in [9.17, 15) is 0 Å². The van der Waals surface area contributed by atoms with Crippen LogP contribution in [0, 0.1) is 0 Å². The summed E-state index contributed by atoms with van der Waals surface area (Å²) >= 11 is 0. The van der Waals surface area contributed by atoms with Crippen LogP contribution in [0.1, 0.15) is 12.5 Å². The average molecular weight is 133 g/mol. The Hall–Kier alpha value is -1.11. The van der Waals surface area contributed by atoms with Gasteiger partial charge in [0.25, 0.3) is 0 Å². The molecule has 0 radical (unpaired) electrons. The summed E-state index contributed by atoms with van der Waals surface area (Å²) in [5, 5.41) is 0. The molecule has 0 aliphatic rings. The smallest absolute Gasteiger partial charge is 0.0386 e. The molecule has 0 heterocycles. The predicted molar refractivity (Wildman–Crippen MR) is 44.6 cm³/mol. The number of benzene rings is 1. The molecule has 0 aliphatic carbocycles. The van der Waals surface area contributed by atoms with E-state index in [1.54, 1.807) is 0 Å². The van der Waals surface area contributed by atoms with Crippen molar-refractivity contribution in [1.82, 2.24) is 0 Å². The Labute approximate surface area is 61.4 Å². The lowest BCUT2D eigenvalue weighted by Gasteiger charge is -1.95. The van der Waals surface area contributed by atoms with Crippen LogP contribution < -0.4 is 0 Å². The molecular weight excluding hydrogens is 122 g/mol. The zero-order chi connectivity index (χ0) is 7.40. The predicted octanol–water partition coefficient (Wildman–Crippen LogP) is 2.13. The molecule has 0 saturated carbocycles. The molecule has 0 unspecified atom stereocenters. The van der Waals surface area contributed by atoms with E-state index in [1.807, 2.05) is 32.2 Å². The Kier molecular flexibility index (Phi) is 2.21. The van der Waals surface area contributed by atoms with Gasteiger partial charge in [0, 0.05) is 12.8 Å². The first-order valence-electron chi connectivity index (χ1n) is 3.33. The Morgan fingerprint density at radius 2 is 1.80 bits per heavy atom. The third-order valence-corrected chi connectivity index (χ3v) is 1.53. The zero-order valence-electron chi connectivity index (χ0n) is 6.33. The first-order valence-corrected chi connectivity index (χ1v) is 3.33. The summed E-state index contributed by atoms with van der Waals surface area (Å²) < 4.78 is 0. The molecule has 52 valence electrons. The zero-order valence-corrected chi connectivity index (χ0v) is 6.33. The minimum Gasteiger partial charge on any atom is -0.293 e. The van der Waals surface area contributed by atoms with Gasteiger partial charge in [0.2, 0.25) is 0 Å². The monoisotopic (exact) mass is 133 g/mol. The number of hydrogen-bond donors (Lipinski definition) is 0. The number of aliphatic imine (C=N–C) groups is 1. The molecule has 1 aromatic carbocycles. The molecule has 0 spiro atoms. The minimum absolute atomic E-state index is 1.08. The van der Waals surface area contributed by atoms with Crippen LogP contribution in [0.15, 0.2) is 35.3 Å². The molecule has 0 atom stereocenters. The fraction of sp³-hybridized carbons (Fsp3) is 0.222. The highest BCUT2D eigenvalue weighted by Crippen LogP contribution is 1.99. The maximum atomic E-state index is 4.08. The van der Waals surface area contributed by atoms with Gasteiger partial charge in [0.05, 0.1) is 0 Å². The molecule has 1 aromatic rings. The van der Waals surface area contributed by atoms with Crippen molar-refractivity contribution >= 4 is 5.71 Å². The highest BCUT2D eigenvalue weighted by Gasteiger charge is 1.90. The maximum Gasteiger partial charge on any atom is 0.0386 e. The summed E-state index contributed by atoms with van der Waals surface area (Å²) in [6.45, 7) is 2.01. The van der Waals surface area contributed by atoms with Crippen LogP contribution >= 0.6 is 0 Å². The minimum atomic E-state index is 1.08. The van der Waals surface area contributed by atoms with E-state index in [4.69, 9.17) is 0 Å². The highest BCUT2D eigenvalue weighted by atomic mass is 14.7. The lowest BCUT2D eigenvalue weighted by Crippen LogP contribution is -1.91. The summed E-state index contributed by atoms with van der Waals surface area (Å²) in [5.41, 5.74) is 2.28. The van der Waals surface area contributed by atoms with Gasteiger partial charge < -0.3 is 0 Å². The number of rotatable bonds is 1. The van der Waals surface area contributed by atoms with Crippen molar-refractivity contribution in [2.45, 2.75) is 6.92 Å². The molecular formula is C9H11N. The number of hydrogen-bond acceptors (Lipinski definition) is 1. The maximum absolute atomic E-state index is 4.08. The van der Waals surface area contributed by atoms with Crippen molar-refractivity contribution in [2.75, 3.05) is 7.05 Å². The van der Waals surface area contributed by atoms with Gasteiger partial charge >= 0.3 is 0 Å². The van der Waals surface area contributed by atoms with Crippen molar-refractivity contribution in [2.24, 2.45) is 4.99 Å². The molecule has 1 nitrogen and oxygen atoms in total. The van der Waals surface area contributed by atoms with Crippen LogP contribution in [-0.4, -0.2) is 12.8 Å². The average Bonchev–Trinajstić information content (AvgIpc) is 2.05. The van der Waals surface area contributed by atoms with E-state index in [1.165, 1.54) is 5.56 Å². The van der Waals surface area contributed by atoms with Crippen molar-refractivity contribution in [1.29, 1.82) is 0 Å². The molecule has 0 amide bonds. The van der Waals surface area contributed by atoms with Gasteiger partial charge in [-0.15, -0.1) is 0 Å². The molecule has 1 heteroatoms. The molecule has 0 saturated heterocycles. The van der Waals surface area contributed by atoms with Crippen molar-refractivity contribution in [3.8, 4) is 0 Å². The van der Waals surface area contributed by atoms with Crippen LogP contribution in [0.25, 0.3) is 0 Å². The molecule has 1 rings (SSSR count). The molecule has 0 N–H and O–H groups in total. The lowest BCUT2D eigenvalue weighted by molar-refractivity contribution is 1.41. The third-order valence-electron chi connectivity index (χ3n) is 1.53. The van der Waals surface area contributed by atoms with Crippen molar-refractivity contribution in [3.05, 3.63) is 35.9 Å². The van der Waals surface area contributed by atoms with E-state index in [2.05, 4.69) is 17.1 Å². The summed E-state index contributed by atoms with van der Waals surface area (Å²) in [6, 6.07) is 10.2. The first kappa shape index (κ1) is 7.00. The summed E-state index contributed by atoms with van der Waals surface area (Å²) in [7, 11) is 1.81. The van der Waals surface area contributed by atoms with E-state index in [0.717, 1.165) is 5.71 Å². The van der Waals surface area contributed by atoms with Gasteiger partial charge in [-0.3, -0.25) is 4.99 Å². The first-order chi connectivity index (χ1) is 4.84. The van der Waals surface area contributed by atoms with Gasteiger partial charge in [-0.25, -0.2) is 0 Å². The van der Waals surface area contributed by atoms with Gasteiger partial charge in [0.15, 0.2) is 0 Å². The topological polar surface area (TPSA) is 12.4 Å². The molecule has 0 fully saturated rings. The second kappa shape index (κ2) is 3.16. The molecule has 10 heavy (non-hydrogen) atoms. The second-order valence-electron chi connectivity index (χ2n) is 2.18. The van der Waals surface area contributed by atoms with Crippen LogP contribution in [0.2, 0.25) is 0 Å². The van der Waals surface area contributed by atoms with Gasteiger partial charge in [-0.05, 0) is 12.5 Å². The van der Waals surface area contributed by atoms with Gasteiger partial charge in [-0.2, -0.15) is 0 Å². The van der Waals surface area contributed by atoms with Crippen LogP contribution in [0.4, 0.5) is 0 Å². The molecule has 0 aliphatic heterocycles. The van der Waals surface area contributed by atoms with E-state index >= 15 is 0 Å². The lowest BCUT2D eigenvalue weighted by atomic mass is 10.1.